The Balaban J connectivity index is 3.11. The van der Waals surface area contributed by atoms with Crippen molar-refractivity contribution in [3.8, 4) is 11.8 Å². The SMILES string of the molecule is Cc1c(C#CCCO)cccc1C(=O)N(CCO)C(C)C. The molecule has 0 spiro atoms. The van der Waals surface area contributed by atoms with Gasteiger partial charge in [0.25, 0.3) is 5.91 Å². The van der Waals surface area contributed by atoms with Crippen molar-refractivity contribution in [3.63, 3.8) is 0 Å². The zero-order chi connectivity index (χ0) is 15.8. The summed E-state index contributed by atoms with van der Waals surface area (Å²) in [5.74, 6) is 5.75. The number of rotatable bonds is 5. The average Bonchev–Trinajstić information content (AvgIpc) is 2.46. The average molecular weight is 289 g/mol. The van der Waals surface area contributed by atoms with E-state index in [1.54, 1.807) is 17.0 Å². The molecule has 2 N–H and O–H groups in total. The van der Waals surface area contributed by atoms with E-state index in [2.05, 4.69) is 11.8 Å². The van der Waals surface area contributed by atoms with E-state index in [4.69, 9.17) is 10.2 Å². The van der Waals surface area contributed by atoms with Crippen LogP contribution < -0.4 is 0 Å². The van der Waals surface area contributed by atoms with Gasteiger partial charge in [0, 0.05) is 30.1 Å². The number of aliphatic hydroxyl groups excluding tert-OH is 2. The fraction of sp³-hybridized carbons (Fsp3) is 0.471. The van der Waals surface area contributed by atoms with E-state index >= 15 is 0 Å². The Morgan fingerprint density at radius 3 is 2.57 bits per heavy atom. The summed E-state index contributed by atoms with van der Waals surface area (Å²) >= 11 is 0. The zero-order valence-corrected chi connectivity index (χ0v) is 12.9. The maximum Gasteiger partial charge on any atom is 0.254 e. The van der Waals surface area contributed by atoms with Crippen molar-refractivity contribution >= 4 is 5.91 Å². The Bertz CT molecular complexity index is 541. The third-order valence-corrected chi connectivity index (χ3v) is 3.25. The quantitative estimate of drug-likeness (QED) is 0.809. The van der Waals surface area contributed by atoms with Crippen molar-refractivity contribution in [1.29, 1.82) is 0 Å². The van der Waals surface area contributed by atoms with Gasteiger partial charge in [-0.3, -0.25) is 4.79 Å². The molecule has 114 valence electrons. The lowest BCUT2D eigenvalue weighted by Gasteiger charge is -2.26. The molecule has 0 heterocycles. The smallest absolute Gasteiger partial charge is 0.254 e. The summed E-state index contributed by atoms with van der Waals surface area (Å²) in [7, 11) is 0. The number of carbonyl (C=O) groups excluding carboxylic acids is 1. The lowest BCUT2D eigenvalue weighted by molar-refractivity contribution is 0.0664. The first kappa shape index (κ1) is 17.2. The van der Waals surface area contributed by atoms with Crippen LogP contribution in [0.1, 0.15) is 41.8 Å². The van der Waals surface area contributed by atoms with Crippen molar-refractivity contribution in [1.82, 2.24) is 4.90 Å². The van der Waals surface area contributed by atoms with Crippen LogP contribution in [0.5, 0.6) is 0 Å². The second-order valence-corrected chi connectivity index (χ2v) is 5.07. The second kappa shape index (κ2) is 8.46. The van der Waals surface area contributed by atoms with Crippen LogP contribution in [0.25, 0.3) is 0 Å². The van der Waals surface area contributed by atoms with Gasteiger partial charge in [-0.1, -0.05) is 17.9 Å². The minimum Gasteiger partial charge on any atom is -0.395 e. The Labute approximate surface area is 126 Å². The van der Waals surface area contributed by atoms with Crippen LogP contribution in [0.2, 0.25) is 0 Å². The van der Waals surface area contributed by atoms with Crippen molar-refractivity contribution in [2.75, 3.05) is 19.8 Å². The molecule has 0 aromatic heterocycles. The van der Waals surface area contributed by atoms with E-state index in [1.165, 1.54) is 0 Å². The predicted octanol–water partition coefficient (Wildman–Crippen LogP) is 1.57. The van der Waals surface area contributed by atoms with Gasteiger partial charge in [-0.15, -0.1) is 0 Å². The van der Waals surface area contributed by atoms with Gasteiger partial charge in [-0.05, 0) is 38.5 Å². The summed E-state index contributed by atoms with van der Waals surface area (Å²) in [6.45, 7) is 6.01. The molecule has 0 bridgehead atoms. The summed E-state index contributed by atoms with van der Waals surface area (Å²) in [5.41, 5.74) is 2.23. The Hall–Kier alpha value is -1.83. The molecule has 0 atom stereocenters. The lowest BCUT2D eigenvalue weighted by atomic mass is 10.0. The number of amides is 1. The molecule has 0 aliphatic carbocycles. The van der Waals surface area contributed by atoms with Crippen molar-refractivity contribution in [2.24, 2.45) is 0 Å². The first-order chi connectivity index (χ1) is 10.0. The van der Waals surface area contributed by atoms with Crippen LogP contribution in [0.4, 0.5) is 0 Å². The molecule has 0 saturated heterocycles. The molecule has 0 aliphatic heterocycles. The zero-order valence-electron chi connectivity index (χ0n) is 12.9. The van der Waals surface area contributed by atoms with Gasteiger partial charge < -0.3 is 15.1 Å². The van der Waals surface area contributed by atoms with Gasteiger partial charge in [0.05, 0.1) is 13.2 Å². The van der Waals surface area contributed by atoms with Crippen LogP contribution in [-0.4, -0.2) is 46.8 Å². The maximum absolute atomic E-state index is 12.6. The van der Waals surface area contributed by atoms with Crippen LogP contribution in [0, 0.1) is 18.8 Å². The normalized spacial score (nSPS) is 10.2. The number of nitrogens with zero attached hydrogens (tertiary/aromatic N) is 1. The van der Waals surface area contributed by atoms with E-state index in [0.29, 0.717) is 18.5 Å². The Morgan fingerprint density at radius 2 is 2.00 bits per heavy atom. The number of aliphatic hydroxyl groups is 2. The van der Waals surface area contributed by atoms with E-state index in [1.807, 2.05) is 26.8 Å². The van der Waals surface area contributed by atoms with Gasteiger partial charge in [-0.25, -0.2) is 0 Å². The summed E-state index contributed by atoms with van der Waals surface area (Å²) in [6, 6.07) is 5.47. The van der Waals surface area contributed by atoms with Crippen LogP contribution in [0.3, 0.4) is 0 Å². The van der Waals surface area contributed by atoms with Gasteiger partial charge in [-0.2, -0.15) is 0 Å². The van der Waals surface area contributed by atoms with Crippen LogP contribution in [0.15, 0.2) is 18.2 Å². The molecule has 0 saturated carbocycles. The minimum atomic E-state index is -0.0950. The molecule has 21 heavy (non-hydrogen) atoms. The van der Waals surface area contributed by atoms with Crippen molar-refractivity contribution < 1.29 is 15.0 Å². The van der Waals surface area contributed by atoms with Crippen LogP contribution in [-0.2, 0) is 0 Å². The highest BCUT2D eigenvalue weighted by Gasteiger charge is 2.20. The molecule has 0 fully saturated rings. The summed E-state index contributed by atoms with van der Waals surface area (Å²) in [5, 5.41) is 17.9. The maximum atomic E-state index is 12.6. The van der Waals surface area contributed by atoms with E-state index in [0.717, 1.165) is 11.1 Å². The number of benzene rings is 1. The van der Waals surface area contributed by atoms with Crippen molar-refractivity contribution in [3.05, 3.63) is 34.9 Å². The largest absolute Gasteiger partial charge is 0.395 e. The molecular weight excluding hydrogens is 266 g/mol. The topological polar surface area (TPSA) is 60.8 Å². The predicted molar refractivity (Wildman–Crippen MR) is 83.0 cm³/mol. The first-order valence-electron chi connectivity index (χ1n) is 7.14. The highest BCUT2D eigenvalue weighted by molar-refractivity contribution is 5.96. The lowest BCUT2D eigenvalue weighted by Crippen LogP contribution is -2.39. The van der Waals surface area contributed by atoms with E-state index in [9.17, 15) is 4.79 Å². The highest BCUT2D eigenvalue weighted by atomic mass is 16.3. The summed E-state index contributed by atoms with van der Waals surface area (Å²) in [6.07, 6.45) is 0.417. The monoisotopic (exact) mass is 289 g/mol. The molecule has 0 radical (unpaired) electrons. The van der Waals surface area contributed by atoms with Gasteiger partial charge in [0.2, 0.25) is 0 Å². The molecular formula is C17H23NO3. The standard InChI is InChI=1S/C17H23NO3/c1-13(2)18(10-12-20)17(21)16-9-6-8-15(14(16)3)7-4-5-11-19/h6,8-9,13,19-20H,5,10-12H2,1-3H3. The number of hydrogen-bond donors (Lipinski definition) is 2. The fourth-order valence-corrected chi connectivity index (χ4v) is 2.07. The Kier molecular flexibility index (Phi) is 6.93. The molecule has 1 amide bonds. The summed E-state index contributed by atoms with van der Waals surface area (Å²) in [4.78, 5) is 14.3. The summed E-state index contributed by atoms with van der Waals surface area (Å²) < 4.78 is 0. The van der Waals surface area contributed by atoms with Crippen molar-refractivity contribution in [2.45, 2.75) is 33.2 Å². The minimum absolute atomic E-state index is 0.0215. The highest BCUT2D eigenvalue weighted by Crippen LogP contribution is 2.16. The van der Waals surface area contributed by atoms with Crippen LogP contribution >= 0.6 is 0 Å². The second-order valence-electron chi connectivity index (χ2n) is 5.07. The molecule has 0 unspecified atom stereocenters. The molecule has 0 aliphatic rings. The molecule has 1 aromatic carbocycles. The third-order valence-electron chi connectivity index (χ3n) is 3.25. The van der Waals surface area contributed by atoms with Gasteiger partial charge in [0.1, 0.15) is 0 Å². The van der Waals surface area contributed by atoms with E-state index in [-0.39, 0.29) is 25.2 Å². The first-order valence-corrected chi connectivity index (χ1v) is 7.14. The molecule has 4 nitrogen and oxygen atoms in total. The molecule has 4 heteroatoms. The van der Waals surface area contributed by atoms with Gasteiger partial charge in [0.15, 0.2) is 0 Å². The molecule has 1 rings (SSSR count). The third kappa shape index (κ3) is 4.59. The van der Waals surface area contributed by atoms with Gasteiger partial charge >= 0.3 is 0 Å². The number of hydrogen-bond acceptors (Lipinski definition) is 3. The number of carbonyl (C=O) groups is 1. The Morgan fingerprint density at radius 1 is 1.29 bits per heavy atom. The fourth-order valence-electron chi connectivity index (χ4n) is 2.07. The van der Waals surface area contributed by atoms with E-state index < -0.39 is 0 Å². The molecule has 1 aromatic rings.